The summed E-state index contributed by atoms with van der Waals surface area (Å²) in [6, 6.07) is 10.4. The summed E-state index contributed by atoms with van der Waals surface area (Å²) >= 11 is 6.06. The van der Waals surface area contributed by atoms with Crippen LogP contribution in [0.3, 0.4) is 0 Å². The van der Waals surface area contributed by atoms with Crippen LogP contribution in [0.4, 0.5) is 0 Å². The van der Waals surface area contributed by atoms with Crippen molar-refractivity contribution in [3.05, 3.63) is 64.4 Å². The highest BCUT2D eigenvalue weighted by Crippen LogP contribution is 2.28. The van der Waals surface area contributed by atoms with Gasteiger partial charge in [0.25, 0.3) is 0 Å². The van der Waals surface area contributed by atoms with Crippen LogP contribution in [0.25, 0.3) is 0 Å². The zero-order valence-electron chi connectivity index (χ0n) is 12.2. The van der Waals surface area contributed by atoms with Gasteiger partial charge in [0.1, 0.15) is 0 Å². The first-order valence-corrected chi connectivity index (χ1v) is 8.08. The van der Waals surface area contributed by atoms with E-state index in [4.69, 9.17) is 11.6 Å². The molecule has 3 rings (SSSR count). The van der Waals surface area contributed by atoms with Crippen LogP contribution >= 0.6 is 11.6 Å². The summed E-state index contributed by atoms with van der Waals surface area (Å²) in [6.45, 7) is 2.25. The topological polar surface area (TPSA) is 24.9 Å². The highest BCUT2D eigenvalue weighted by molar-refractivity contribution is 6.30. The van der Waals surface area contributed by atoms with Gasteiger partial charge >= 0.3 is 0 Å². The minimum atomic E-state index is 0.684. The smallest absolute Gasteiger partial charge is 0.0408 e. The van der Waals surface area contributed by atoms with Gasteiger partial charge in [-0.05, 0) is 79.6 Å². The average molecular weight is 301 g/mol. The minimum absolute atomic E-state index is 0.684. The van der Waals surface area contributed by atoms with E-state index >= 15 is 0 Å². The van der Waals surface area contributed by atoms with Crippen LogP contribution in [0, 0.1) is 0 Å². The number of aryl methyl sites for hydroxylation is 2. The summed E-state index contributed by atoms with van der Waals surface area (Å²) in [4.78, 5) is 4.33. The van der Waals surface area contributed by atoms with Gasteiger partial charge in [0, 0.05) is 17.4 Å². The molecule has 1 aromatic carbocycles. The first kappa shape index (κ1) is 14.6. The summed E-state index contributed by atoms with van der Waals surface area (Å²) in [5, 5.41) is 4.25. The van der Waals surface area contributed by atoms with Gasteiger partial charge in [0.05, 0.1) is 0 Å². The molecule has 1 aromatic heterocycles. The molecule has 0 aliphatic carbocycles. The van der Waals surface area contributed by atoms with E-state index in [-0.39, 0.29) is 0 Å². The Balaban J connectivity index is 1.73. The molecule has 1 aliphatic rings. The molecule has 1 fully saturated rings. The van der Waals surface area contributed by atoms with Crippen LogP contribution in [-0.4, -0.2) is 18.1 Å². The summed E-state index contributed by atoms with van der Waals surface area (Å²) < 4.78 is 0. The lowest BCUT2D eigenvalue weighted by atomic mass is 9.86. The molecule has 110 valence electrons. The maximum absolute atomic E-state index is 6.06. The van der Waals surface area contributed by atoms with E-state index in [1.165, 1.54) is 29.5 Å². The Bertz CT molecular complexity index is 591. The van der Waals surface area contributed by atoms with Gasteiger partial charge in [-0.25, -0.2) is 0 Å². The number of nitrogens with zero attached hydrogens (tertiary/aromatic N) is 1. The van der Waals surface area contributed by atoms with Gasteiger partial charge in [-0.3, -0.25) is 4.98 Å². The fourth-order valence-electron chi connectivity index (χ4n) is 3.15. The molecule has 2 heterocycles. The summed E-state index contributed by atoms with van der Waals surface area (Å²) in [7, 11) is 0. The van der Waals surface area contributed by atoms with Crippen molar-refractivity contribution in [1.82, 2.24) is 10.3 Å². The van der Waals surface area contributed by atoms with E-state index in [2.05, 4.69) is 28.5 Å². The molecule has 21 heavy (non-hydrogen) atoms. The Morgan fingerprint density at radius 1 is 1.14 bits per heavy atom. The number of hydrogen-bond donors (Lipinski definition) is 1. The van der Waals surface area contributed by atoms with Crippen LogP contribution < -0.4 is 5.32 Å². The number of nitrogens with one attached hydrogen (secondary N) is 1. The molecule has 2 aromatic rings. The first-order chi connectivity index (χ1) is 10.3. The Morgan fingerprint density at radius 2 is 2.00 bits per heavy atom. The molecule has 0 atom stereocenters. The molecule has 0 radical (unpaired) electrons. The Kier molecular flexibility index (Phi) is 4.89. The number of pyridine rings is 1. The number of hydrogen-bond acceptors (Lipinski definition) is 2. The average Bonchev–Trinajstić information content (AvgIpc) is 2.54. The summed E-state index contributed by atoms with van der Waals surface area (Å²) in [5.41, 5.74) is 4.18. The highest BCUT2D eigenvalue weighted by Gasteiger charge is 2.17. The Labute approximate surface area is 131 Å². The quantitative estimate of drug-likeness (QED) is 0.923. The number of aromatic nitrogens is 1. The van der Waals surface area contributed by atoms with Crippen LogP contribution in [0.2, 0.25) is 5.02 Å². The van der Waals surface area contributed by atoms with E-state index in [1.807, 2.05) is 24.5 Å². The van der Waals surface area contributed by atoms with Gasteiger partial charge in [-0.15, -0.1) is 0 Å². The van der Waals surface area contributed by atoms with Crippen LogP contribution in [-0.2, 0) is 12.8 Å². The van der Waals surface area contributed by atoms with Crippen molar-refractivity contribution in [2.24, 2.45) is 0 Å². The van der Waals surface area contributed by atoms with E-state index < -0.39 is 0 Å². The Morgan fingerprint density at radius 3 is 2.81 bits per heavy atom. The second-order valence-corrected chi connectivity index (χ2v) is 6.17. The van der Waals surface area contributed by atoms with E-state index in [1.54, 1.807) is 0 Å². The predicted octanol–water partition coefficient (Wildman–Crippen LogP) is 3.99. The molecule has 2 nitrogen and oxygen atoms in total. The fourth-order valence-corrected chi connectivity index (χ4v) is 3.36. The van der Waals surface area contributed by atoms with E-state index in [0.717, 1.165) is 31.0 Å². The Hall–Kier alpha value is -1.38. The summed E-state index contributed by atoms with van der Waals surface area (Å²) in [5.74, 6) is 0.684. The largest absolute Gasteiger partial charge is 0.317 e. The minimum Gasteiger partial charge on any atom is -0.317 e. The standard InChI is InChI=1S/C18H21ClN2/c19-17-3-1-2-14(12-17)4-5-16-13-21-11-8-18(16)15-6-9-20-10-7-15/h1-3,8,11-13,15,20H,4-7,9-10H2. The first-order valence-electron chi connectivity index (χ1n) is 7.71. The lowest BCUT2D eigenvalue weighted by Crippen LogP contribution is -2.27. The van der Waals surface area contributed by atoms with E-state index in [0.29, 0.717) is 5.92 Å². The predicted molar refractivity (Wildman–Crippen MR) is 87.9 cm³/mol. The fraction of sp³-hybridized carbons (Fsp3) is 0.389. The third-order valence-electron chi connectivity index (χ3n) is 4.29. The van der Waals surface area contributed by atoms with Crippen LogP contribution in [0.5, 0.6) is 0 Å². The molecule has 0 bridgehead atoms. The third kappa shape index (κ3) is 3.84. The SMILES string of the molecule is Clc1cccc(CCc2cnccc2C2CCNCC2)c1. The van der Waals surface area contributed by atoms with Crippen molar-refractivity contribution in [3.8, 4) is 0 Å². The second-order valence-electron chi connectivity index (χ2n) is 5.73. The lowest BCUT2D eigenvalue weighted by Gasteiger charge is -2.25. The van der Waals surface area contributed by atoms with Crippen molar-refractivity contribution >= 4 is 11.6 Å². The molecule has 0 saturated carbocycles. The second kappa shape index (κ2) is 7.06. The zero-order chi connectivity index (χ0) is 14.5. The molecule has 0 unspecified atom stereocenters. The number of rotatable bonds is 4. The monoisotopic (exact) mass is 300 g/mol. The molecule has 1 saturated heterocycles. The lowest BCUT2D eigenvalue weighted by molar-refractivity contribution is 0.458. The van der Waals surface area contributed by atoms with Gasteiger partial charge < -0.3 is 5.32 Å². The normalized spacial score (nSPS) is 16.0. The van der Waals surface area contributed by atoms with Crippen LogP contribution in [0.15, 0.2) is 42.7 Å². The summed E-state index contributed by atoms with van der Waals surface area (Å²) in [6.07, 6.45) is 8.49. The third-order valence-corrected chi connectivity index (χ3v) is 4.53. The number of halogens is 1. The van der Waals surface area contributed by atoms with Crippen molar-refractivity contribution in [2.45, 2.75) is 31.6 Å². The highest BCUT2D eigenvalue weighted by atomic mass is 35.5. The number of benzene rings is 1. The maximum Gasteiger partial charge on any atom is 0.0408 e. The molecule has 0 amide bonds. The van der Waals surface area contributed by atoms with Crippen molar-refractivity contribution in [1.29, 1.82) is 0 Å². The van der Waals surface area contributed by atoms with Gasteiger partial charge in [-0.1, -0.05) is 23.7 Å². The van der Waals surface area contributed by atoms with Gasteiger partial charge in [0.15, 0.2) is 0 Å². The van der Waals surface area contributed by atoms with Crippen LogP contribution in [0.1, 0.15) is 35.4 Å². The van der Waals surface area contributed by atoms with Crippen molar-refractivity contribution < 1.29 is 0 Å². The molecular weight excluding hydrogens is 280 g/mol. The maximum atomic E-state index is 6.06. The number of piperidine rings is 1. The molecule has 1 N–H and O–H groups in total. The van der Waals surface area contributed by atoms with E-state index in [9.17, 15) is 0 Å². The van der Waals surface area contributed by atoms with Gasteiger partial charge in [0.2, 0.25) is 0 Å². The van der Waals surface area contributed by atoms with Crippen molar-refractivity contribution in [3.63, 3.8) is 0 Å². The zero-order valence-corrected chi connectivity index (χ0v) is 12.9. The van der Waals surface area contributed by atoms with Crippen molar-refractivity contribution in [2.75, 3.05) is 13.1 Å². The molecule has 0 spiro atoms. The van der Waals surface area contributed by atoms with Gasteiger partial charge in [-0.2, -0.15) is 0 Å². The molecule has 1 aliphatic heterocycles. The molecule has 3 heteroatoms. The molecular formula is C18H21ClN2.